The fraction of sp³-hybridized carbons (Fsp3) is 0.727. The van der Waals surface area contributed by atoms with Gasteiger partial charge in [0.05, 0.1) is 6.61 Å². The molecule has 1 heterocycles. The third-order valence-corrected chi connectivity index (χ3v) is 3.29. The van der Waals surface area contributed by atoms with Crippen LogP contribution in [0.2, 0.25) is 0 Å². The van der Waals surface area contributed by atoms with Gasteiger partial charge in [0.1, 0.15) is 12.6 Å². The van der Waals surface area contributed by atoms with Gasteiger partial charge in [-0.1, -0.05) is 0 Å². The van der Waals surface area contributed by atoms with Gasteiger partial charge in [0.15, 0.2) is 0 Å². The molecule has 2 rings (SSSR count). The number of piperazine rings is 1. The number of urea groups is 1. The van der Waals surface area contributed by atoms with Crippen LogP contribution >= 0.6 is 0 Å². The first kappa shape index (κ1) is 13.6. The van der Waals surface area contributed by atoms with Crippen LogP contribution in [0.3, 0.4) is 0 Å². The Labute approximate surface area is 110 Å². The average Bonchev–Trinajstić information content (AvgIpc) is 3.19. The summed E-state index contributed by atoms with van der Waals surface area (Å²) in [5.74, 6) is -1.52. The zero-order valence-corrected chi connectivity index (χ0v) is 10.4. The van der Waals surface area contributed by atoms with Gasteiger partial charge in [-0.2, -0.15) is 0 Å². The van der Waals surface area contributed by atoms with Gasteiger partial charge in [-0.05, 0) is 12.8 Å². The highest BCUT2D eigenvalue weighted by molar-refractivity contribution is 5.90. The van der Waals surface area contributed by atoms with Crippen LogP contribution in [0, 0.1) is 0 Å². The number of aliphatic hydroxyl groups excluding tert-OH is 1. The third-order valence-electron chi connectivity index (χ3n) is 3.29. The van der Waals surface area contributed by atoms with Gasteiger partial charge >= 0.3 is 12.0 Å². The molecule has 0 aromatic carbocycles. The fourth-order valence-corrected chi connectivity index (χ4v) is 2.16. The Morgan fingerprint density at radius 2 is 2.11 bits per heavy atom. The van der Waals surface area contributed by atoms with E-state index < -0.39 is 18.0 Å². The smallest absolute Gasteiger partial charge is 0.328 e. The molecule has 1 aliphatic heterocycles. The number of aliphatic carboxylic acids is 1. The number of hydrogen-bond acceptors (Lipinski definition) is 4. The lowest BCUT2D eigenvalue weighted by atomic mass is 10.2. The lowest BCUT2D eigenvalue weighted by Crippen LogP contribution is -2.62. The highest BCUT2D eigenvalue weighted by Crippen LogP contribution is 2.28. The zero-order valence-electron chi connectivity index (χ0n) is 10.4. The van der Waals surface area contributed by atoms with E-state index in [1.807, 2.05) is 0 Å². The number of amides is 3. The van der Waals surface area contributed by atoms with Gasteiger partial charge < -0.3 is 20.4 Å². The molecule has 3 amide bonds. The van der Waals surface area contributed by atoms with Crippen LogP contribution in [0.4, 0.5) is 4.79 Å². The quantitative estimate of drug-likeness (QED) is 0.573. The number of rotatable bonds is 4. The maximum absolute atomic E-state index is 12.3. The molecule has 8 heteroatoms. The van der Waals surface area contributed by atoms with E-state index in [4.69, 9.17) is 10.2 Å². The highest BCUT2D eigenvalue weighted by Gasteiger charge is 2.41. The van der Waals surface area contributed by atoms with Crippen LogP contribution < -0.4 is 5.32 Å². The molecule has 1 unspecified atom stereocenters. The first-order chi connectivity index (χ1) is 9.04. The Kier molecular flexibility index (Phi) is 3.89. The van der Waals surface area contributed by atoms with Crippen molar-refractivity contribution in [2.45, 2.75) is 24.9 Å². The molecule has 0 aromatic heterocycles. The number of carboxylic acids is 1. The largest absolute Gasteiger partial charge is 0.480 e. The molecule has 106 valence electrons. The Balaban J connectivity index is 2.12. The number of nitrogens with one attached hydrogen (secondary N) is 1. The summed E-state index contributed by atoms with van der Waals surface area (Å²) in [4.78, 5) is 37.3. The van der Waals surface area contributed by atoms with Crippen molar-refractivity contribution >= 4 is 17.9 Å². The number of carbonyl (C=O) groups is 3. The van der Waals surface area contributed by atoms with Crippen LogP contribution in [-0.4, -0.2) is 76.2 Å². The summed E-state index contributed by atoms with van der Waals surface area (Å²) in [7, 11) is 0. The van der Waals surface area contributed by atoms with Crippen molar-refractivity contribution in [1.29, 1.82) is 0 Å². The fourth-order valence-electron chi connectivity index (χ4n) is 2.16. The molecular formula is C11H17N3O5. The Hall–Kier alpha value is -1.83. The van der Waals surface area contributed by atoms with Crippen molar-refractivity contribution in [3.63, 3.8) is 0 Å². The van der Waals surface area contributed by atoms with Crippen molar-refractivity contribution in [2.24, 2.45) is 0 Å². The van der Waals surface area contributed by atoms with E-state index in [-0.39, 0.29) is 38.2 Å². The molecule has 3 N–H and O–H groups in total. The summed E-state index contributed by atoms with van der Waals surface area (Å²) in [6, 6.07) is -1.48. The van der Waals surface area contributed by atoms with Gasteiger partial charge in [-0.15, -0.1) is 0 Å². The zero-order chi connectivity index (χ0) is 14.0. The maximum Gasteiger partial charge on any atom is 0.328 e. The topological polar surface area (TPSA) is 110 Å². The van der Waals surface area contributed by atoms with Gasteiger partial charge in [0.25, 0.3) is 0 Å². The maximum atomic E-state index is 12.3. The second kappa shape index (κ2) is 5.43. The molecule has 1 aliphatic carbocycles. The molecule has 1 saturated carbocycles. The van der Waals surface area contributed by atoms with Crippen molar-refractivity contribution in [3.8, 4) is 0 Å². The minimum Gasteiger partial charge on any atom is -0.480 e. The van der Waals surface area contributed by atoms with Crippen LogP contribution in [-0.2, 0) is 9.59 Å². The van der Waals surface area contributed by atoms with Crippen LogP contribution in [0.5, 0.6) is 0 Å². The van der Waals surface area contributed by atoms with E-state index in [0.29, 0.717) is 0 Å². The second-order valence-corrected chi connectivity index (χ2v) is 4.72. The van der Waals surface area contributed by atoms with Gasteiger partial charge in [-0.25, -0.2) is 9.59 Å². The summed E-state index contributed by atoms with van der Waals surface area (Å²) in [6.07, 6.45) is 1.70. The van der Waals surface area contributed by atoms with E-state index in [0.717, 1.165) is 17.7 Å². The molecule has 8 nitrogen and oxygen atoms in total. The Morgan fingerprint density at radius 1 is 1.42 bits per heavy atom. The number of carbonyl (C=O) groups excluding carboxylic acids is 2. The number of hydrogen-bond donors (Lipinski definition) is 3. The Bertz CT molecular complexity index is 396. The molecule has 0 bridgehead atoms. The van der Waals surface area contributed by atoms with Crippen LogP contribution in [0.1, 0.15) is 12.8 Å². The number of aliphatic hydroxyl groups is 1. The summed E-state index contributed by atoms with van der Waals surface area (Å²) in [5, 5.41) is 20.5. The first-order valence-electron chi connectivity index (χ1n) is 6.22. The van der Waals surface area contributed by atoms with E-state index >= 15 is 0 Å². The molecule has 2 fully saturated rings. The van der Waals surface area contributed by atoms with E-state index in [1.54, 1.807) is 0 Å². The van der Waals surface area contributed by atoms with Crippen molar-refractivity contribution in [1.82, 2.24) is 15.1 Å². The minimum atomic E-state index is -1.15. The van der Waals surface area contributed by atoms with Gasteiger partial charge in [-0.3, -0.25) is 9.69 Å². The molecule has 1 atom stereocenters. The summed E-state index contributed by atoms with van der Waals surface area (Å²) >= 11 is 0. The Morgan fingerprint density at radius 3 is 2.63 bits per heavy atom. The summed E-state index contributed by atoms with van der Waals surface area (Å²) < 4.78 is 0. The van der Waals surface area contributed by atoms with E-state index in [2.05, 4.69) is 5.32 Å². The molecule has 0 aromatic rings. The van der Waals surface area contributed by atoms with Crippen molar-refractivity contribution in [2.75, 3.05) is 26.2 Å². The molecule has 19 heavy (non-hydrogen) atoms. The predicted molar refractivity (Wildman–Crippen MR) is 63.3 cm³/mol. The first-order valence-corrected chi connectivity index (χ1v) is 6.22. The van der Waals surface area contributed by atoms with Crippen LogP contribution in [0.25, 0.3) is 0 Å². The van der Waals surface area contributed by atoms with Crippen molar-refractivity contribution in [3.05, 3.63) is 0 Å². The summed E-state index contributed by atoms with van der Waals surface area (Å²) in [6.45, 7) is -0.365. The normalized spacial score (nSPS) is 22.9. The minimum absolute atomic E-state index is 0.0547. The van der Waals surface area contributed by atoms with E-state index in [9.17, 15) is 14.4 Å². The third kappa shape index (κ3) is 2.95. The SMILES string of the molecule is O=C1CN(C(=O)N(CCO)C2CC2)C(C(=O)O)CN1. The number of nitrogens with zero attached hydrogens (tertiary/aromatic N) is 2. The molecular weight excluding hydrogens is 254 g/mol. The predicted octanol–water partition coefficient (Wildman–Crippen LogP) is -1.55. The lowest BCUT2D eigenvalue weighted by molar-refractivity contribution is -0.144. The average molecular weight is 271 g/mol. The standard InChI is InChI=1S/C11H17N3O5/c15-4-3-13(7-1-2-7)11(19)14-6-9(16)12-5-8(14)10(17)18/h7-8,15H,1-6H2,(H,12,16)(H,17,18). The summed E-state index contributed by atoms with van der Waals surface area (Å²) in [5.41, 5.74) is 0. The molecule has 0 radical (unpaired) electrons. The molecule has 2 aliphatic rings. The van der Waals surface area contributed by atoms with Crippen LogP contribution in [0.15, 0.2) is 0 Å². The second-order valence-electron chi connectivity index (χ2n) is 4.72. The monoisotopic (exact) mass is 271 g/mol. The van der Waals surface area contributed by atoms with Gasteiger partial charge in [0.2, 0.25) is 5.91 Å². The highest BCUT2D eigenvalue weighted by atomic mass is 16.4. The van der Waals surface area contributed by atoms with E-state index in [1.165, 1.54) is 4.90 Å². The van der Waals surface area contributed by atoms with Gasteiger partial charge in [0, 0.05) is 19.1 Å². The number of carboxylic acid groups (broad SMARTS) is 1. The van der Waals surface area contributed by atoms with Crippen molar-refractivity contribution < 1.29 is 24.6 Å². The lowest BCUT2D eigenvalue weighted by Gasteiger charge is -2.36. The molecule has 0 spiro atoms. The molecule has 1 saturated heterocycles.